The number of benzene rings is 2. The van der Waals surface area contributed by atoms with Crippen molar-refractivity contribution in [2.45, 2.75) is 25.3 Å². The Morgan fingerprint density at radius 3 is 2.41 bits per heavy atom. The fourth-order valence-corrected chi connectivity index (χ4v) is 3.74. The van der Waals surface area contributed by atoms with Gasteiger partial charge in [-0.2, -0.15) is 0 Å². The molecule has 2 aromatic rings. The van der Waals surface area contributed by atoms with Gasteiger partial charge in [0.25, 0.3) is 0 Å². The van der Waals surface area contributed by atoms with Gasteiger partial charge in [-0.25, -0.2) is 0 Å². The number of amides is 2. The molecular weight excluding hydrogens is 403 g/mol. The normalized spacial score (nSPS) is 11.7. The third-order valence-electron chi connectivity index (χ3n) is 4.06. The molecule has 7 heteroatoms. The topological polar surface area (TPSA) is 49.4 Å². The Bertz CT molecular complexity index is 784. The van der Waals surface area contributed by atoms with E-state index in [4.69, 9.17) is 23.2 Å². The quantitative estimate of drug-likeness (QED) is 0.683. The fraction of sp³-hybridized carbons (Fsp3) is 0.300. The summed E-state index contributed by atoms with van der Waals surface area (Å²) in [5.41, 5.74) is 1.98. The summed E-state index contributed by atoms with van der Waals surface area (Å²) in [5.74, 6) is 0.668. The van der Waals surface area contributed by atoms with Crippen LogP contribution in [0.2, 0.25) is 10.0 Å². The van der Waals surface area contributed by atoms with Crippen LogP contribution in [0.5, 0.6) is 0 Å². The molecule has 2 rings (SSSR count). The molecule has 4 nitrogen and oxygen atoms in total. The highest BCUT2D eigenvalue weighted by Gasteiger charge is 2.25. The predicted molar refractivity (Wildman–Crippen MR) is 113 cm³/mol. The number of hydrogen-bond donors (Lipinski definition) is 1. The number of nitrogens with zero attached hydrogens (tertiary/aromatic N) is 1. The summed E-state index contributed by atoms with van der Waals surface area (Å²) in [4.78, 5) is 26.5. The molecule has 0 fully saturated rings. The number of thioether (sulfide) groups is 1. The molecular formula is C20H22Cl2N2O2S. The van der Waals surface area contributed by atoms with E-state index >= 15 is 0 Å². The van der Waals surface area contributed by atoms with Crippen LogP contribution in [0.1, 0.15) is 18.1 Å². The number of likely N-dealkylation sites (N-methyl/N-ethyl adjacent to an activating group) is 1. The van der Waals surface area contributed by atoms with Crippen LogP contribution in [0.25, 0.3) is 0 Å². The van der Waals surface area contributed by atoms with Gasteiger partial charge >= 0.3 is 0 Å². The zero-order chi connectivity index (χ0) is 19.8. The molecule has 1 atom stereocenters. The molecule has 1 unspecified atom stereocenters. The van der Waals surface area contributed by atoms with Crippen LogP contribution in [0.4, 0.5) is 0 Å². The first kappa shape index (κ1) is 21.6. The summed E-state index contributed by atoms with van der Waals surface area (Å²) < 4.78 is 0. The van der Waals surface area contributed by atoms with Crippen molar-refractivity contribution in [1.29, 1.82) is 0 Å². The molecule has 0 heterocycles. The van der Waals surface area contributed by atoms with Gasteiger partial charge in [-0.05, 0) is 42.3 Å². The van der Waals surface area contributed by atoms with Gasteiger partial charge < -0.3 is 10.2 Å². The van der Waals surface area contributed by atoms with Crippen LogP contribution < -0.4 is 5.32 Å². The molecule has 0 aliphatic heterocycles. The van der Waals surface area contributed by atoms with Gasteiger partial charge in [-0.3, -0.25) is 9.59 Å². The number of halogens is 2. The lowest BCUT2D eigenvalue weighted by Gasteiger charge is -2.28. The number of rotatable bonds is 8. The Kier molecular flexibility index (Phi) is 8.48. The smallest absolute Gasteiger partial charge is 0.242 e. The van der Waals surface area contributed by atoms with Crippen molar-refractivity contribution in [3.05, 3.63) is 69.7 Å². The lowest BCUT2D eigenvalue weighted by atomic mass is 10.1. The maximum atomic E-state index is 12.8. The number of hydrogen-bond acceptors (Lipinski definition) is 3. The lowest BCUT2D eigenvalue weighted by Crippen LogP contribution is -2.47. The Balaban J connectivity index is 2.03. The van der Waals surface area contributed by atoms with Crippen LogP contribution in [-0.2, 0) is 21.9 Å². The first-order chi connectivity index (χ1) is 12.9. The second-order valence-corrected chi connectivity index (χ2v) is 7.92. The van der Waals surface area contributed by atoms with Crippen LogP contribution >= 0.6 is 35.0 Å². The Morgan fingerprint density at radius 1 is 1.07 bits per heavy atom. The van der Waals surface area contributed by atoms with E-state index in [0.29, 0.717) is 22.3 Å². The lowest BCUT2D eigenvalue weighted by molar-refractivity contribution is -0.138. The first-order valence-electron chi connectivity index (χ1n) is 8.48. The molecule has 0 aliphatic carbocycles. The van der Waals surface area contributed by atoms with Crippen LogP contribution in [0.3, 0.4) is 0 Å². The van der Waals surface area contributed by atoms with E-state index in [1.54, 1.807) is 31.0 Å². The highest BCUT2D eigenvalue weighted by Crippen LogP contribution is 2.19. The van der Waals surface area contributed by atoms with E-state index in [9.17, 15) is 9.59 Å². The summed E-state index contributed by atoms with van der Waals surface area (Å²) in [7, 11) is 1.57. The van der Waals surface area contributed by atoms with E-state index in [1.807, 2.05) is 36.4 Å². The molecule has 0 radical (unpaired) electrons. The maximum absolute atomic E-state index is 12.8. The van der Waals surface area contributed by atoms with Crippen molar-refractivity contribution in [1.82, 2.24) is 10.2 Å². The average Bonchev–Trinajstić information content (AvgIpc) is 2.66. The van der Waals surface area contributed by atoms with E-state index < -0.39 is 6.04 Å². The molecule has 2 amide bonds. The van der Waals surface area contributed by atoms with Gasteiger partial charge in [0.15, 0.2) is 0 Å². The van der Waals surface area contributed by atoms with Gasteiger partial charge in [-0.15, -0.1) is 11.8 Å². The third-order valence-corrected chi connectivity index (χ3v) is 5.54. The van der Waals surface area contributed by atoms with Crippen LogP contribution in [0.15, 0.2) is 48.5 Å². The van der Waals surface area contributed by atoms with E-state index in [-0.39, 0.29) is 17.6 Å². The molecule has 1 N–H and O–H groups in total. The van der Waals surface area contributed by atoms with Crippen molar-refractivity contribution in [3.63, 3.8) is 0 Å². The number of carbonyl (C=O) groups excluding carboxylic acids is 2. The molecule has 0 aliphatic rings. The molecule has 27 heavy (non-hydrogen) atoms. The minimum atomic E-state index is -0.565. The minimum Gasteiger partial charge on any atom is -0.357 e. The molecule has 0 bridgehead atoms. The third kappa shape index (κ3) is 6.76. The number of nitrogens with one attached hydrogen (secondary N) is 1. The fourth-order valence-electron chi connectivity index (χ4n) is 2.54. The number of carbonyl (C=O) groups is 2. The Morgan fingerprint density at radius 2 is 1.78 bits per heavy atom. The van der Waals surface area contributed by atoms with Crippen molar-refractivity contribution in [2.75, 3.05) is 12.8 Å². The summed E-state index contributed by atoms with van der Waals surface area (Å²) in [5, 5.41) is 3.92. The van der Waals surface area contributed by atoms with Crippen molar-refractivity contribution < 1.29 is 9.59 Å². The summed E-state index contributed by atoms with van der Waals surface area (Å²) >= 11 is 13.4. The first-order valence-corrected chi connectivity index (χ1v) is 10.4. The summed E-state index contributed by atoms with van der Waals surface area (Å²) in [6.45, 7) is 2.08. The molecule has 0 saturated heterocycles. The minimum absolute atomic E-state index is 0.0897. The largest absolute Gasteiger partial charge is 0.357 e. The van der Waals surface area contributed by atoms with Gasteiger partial charge in [0.2, 0.25) is 11.8 Å². The summed E-state index contributed by atoms with van der Waals surface area (Å²) in [6.07, 6.45) is 0. The van der Waals surface area contributed by atoms with E-state index in [1.165, 1.54) is 11.8 Å². The molecule has 0 aromatic heterocycles. The average molecular weight is 425 g/mol. The van der Waals surface area contributed by atoms with E-state index in [0.717, 1.165) is 11.1 Å². The van der Waals surface area contributed by atoms with Crippen molar-refractivity contribution in [3.8, 4) is 0 Å². The van der Waals surface area contributed by atoms with Crippen LogP contribution in [0, 0.1) is 0 Å². The molecule has 0 saturated carbocycles. The zero-order valence-electron chi connectivity index (χ0n) is 15.2. The van der Waals surface area contributed by atoms with E-state index in [2.05, 4.69) is 5.32 Å². The maximum Gasteiger partial charge on any atom is 0.242 e. The van der Waals surface area contributed by atoms with Gasteiger partial charge in [0, 0.05) is 29.4 Å². The highest BCUT2D eigenvalue weighted by atomic mass is 35.5. The summed E-state index contributed by atoms with van der Waals surface area (Å²) in [6, 6.07) is 14.3. The van der Waals surface area contributed by atoms with Gasteiger partial charge in [-0.1, -0.05) is 47.5 Å². The van der Waals surface area contributed by atoms with Gasteiger partial charge in [0.1, 0.15) is 6.04 Å². The highest BCUT2D eigenvalue weighted by molar-refractivity contribution is 7.99. The van der Waals surface area contributed by atoms with Crippen molar-refractivity contribution in [2.24, 2.45) is 0 Å². The second-order valence-electron chi connectivity index (χ2n) is 6.06. The zero-order valence-corrected chi connectivity index (χ0v) is 17.6. The Labute approximate surface area is 174 Å². The monoisotopic (exact) mass is 424 g/mol. The second kappa shape index (κ2) is 10.6. The standard InChI is InChI=1S/C20H22Cl2N2O2S/c1-14(20(26)23-2)24(11-15-6-8-17(21)9-7-15)19(25)13-27-12-16-4-3-5-18(22)10-16/h3-10,14H,11-13H2,1-2H3,(H,23,26). The molecule has 144 valence electrons. The predicted octanol–water partition coefficient (Wildman–Crippen LogP) is 4.39. The SMILES string of the molecule is CNC(=O)C(C)N(Cc1ccc(Cl)cc1)C(=O)CSCc1cccc(Cl)c1. The molecule has 0 spiro atoms. The molecule has 2 aromatic carbocycles. The Hall–Kier alpha value is -1.69. The van der Waals surface area contributed by atoms with Crippen molar-refractivity contribution >= 4 is 46.8 Å². The van der Waals surface area contributed by atoms with Gasteiger partial charge in [0.05, 0.1) is 5.75 Å². The van der Waals surface area contributed by atoms with Crippen LogP contribution in [-0.4, -0.2) is 35.6 Å².